The Hall–Kier alpha value is -2.43. The highest BCUT2D eigenvalue weighted by Gasteiger charge is 2.22. The fourth-order valence-corrected chi connectivity index (χ4v) is 2.69. The number of benzene rings is 1. The normalized spacial score (nSPS) is 11.9. The lowest BCUT2D eigenvalue weighted by Gasteiger charge is -2.17. The molecule has 0 unspecified atom stereocenters. The number of hydrogen-bond acceptors (Lipinski definition) is 4. The van der Waals surface area contributed by atoms with E-state index in [1.165, 1.54) is 7.11 Å². The molecule has 5 nitrogen and oxygen atoms in total. The Kier molecular flexibility index (Phi) is 6.73. The Bertz CT molecular complexity index is 695. The molecule has 0 fully saturated rings. The first-order valence-corrected chi connectivity index (χ1v) is 8.39. The van der Waals surface area contributed by atoms with E-state index in [-0.39, 0.29) is 5.91 Å². The first-order chi connectivity index (χ1) is 11.7. The van der Waals surface area contributed by atoms with Gasteiger partial charge in [0.25, 0.3) is 5.91 Å². The van der Waals surface area contributed by atoms with Crippen molar-refractivity contribution in [2.75, 3.05) is 7.11 Å². The zero-order valence-corrected chi connectivity index (χ0v) is 14.2. The Balaban J connectivity index is 2.12. The van der Waals surface area contributed by atoms with Gasteiger partial charge in [0.1, 0.15) is 6.04 Å². The van der Waals surface area contributed by atoms with Crippen LogP contribution >= 0.6 is 0 Å². The molecule has 0 spiro atoms. The fourth-order valence-electron chi connectivity index (χ4n) is 2.69. The number of unbranched alkanes of at least 4 members (excludes halogenated alkanes) is 3. The number of hydrogen-bond donors (Lipinski definition) is 1. The predicted octanol–water partition coefficient (Wildman–Crippen LogP) is 3.48. The maximum atomic E-state index is 12.6. The molecular weight excluding hydrogens is 304 g/mol. The van der Waals surface area contributed by atoms with Gasteiger partial charge in [-0.1, -0.05) is 50.8 Å². The van der Waals surface area contributed by atoms with E-state index in [9.17, 15) is 9.59 Å². The molecule has 5 heteroatoms. The quantitative estimate of drug-likeness (QED) is 0.595. The number of rotatable bonds is 8. The minimum absolute atomic E-state index is 0.301. The van der Waals surface area contributed by atoms with Gasteiger partial charge in [0.05, 0.1) is 18.2 Å². The summed E-state index contributed by atoms with van der Waals surface area (Å²) in [5, 5.41) is 3.69. The highest BCUT2D eigenvalue weighted by atomic mass is 16.5. The van der Waals surface area contributed by atoms with Gasteiger partial charge in [-0.3, -0.25) is 9.78 Å². The van der Waals surface area contributed by atoms with Crippen LogP contribution in [0.1, 0.15) is 49.4 Å². The number of methoxy groups -OCH3 is 1. The third-order valence-corrected chi connectivity index (χ3v) is 4.01. The Morgan fingerprint density at radius 2 is 1.96 bits per heavy atom. The van der Waals surface area contributed by atoms with Crippen LogP contribution in [0.2, 0.25) is 0 Å². The molecular formula is C19H24N2O3. The molecule has 128 valence electrons. The Morgan fingerprint density at radius 3 is 2.71 bits per heavy atom. The van der Waals surface area contributed by atoms with Crippen LogP contribution in [0.4, 0.5) is 0 Å². The molecule has 0 aliphatic rings. The minimum Gasteiger partial charge on any atom is -0.467 e. The summed E-state index contributed by atoms with van der Waals surface area (Å²) in [6, 6.07) is 8.54. The van der Waals surface area contributed by atoms with E-state index >= 15 is 0 Å². The molecule has 0 aliphatic heterocycles. The van der Waals surface area contributed by atoms with E-state index in [2.05, 4.69) is 17.2 Å². The largest absolute Gasteiger partial charge is 0.467 e. The van der Waals surface area contributed by atoms with Crippen molar-refractivity contribution < 1.29 is 14.3 Å². The third-order valence-electron chi connectivity index (χ3n) is 4.01. The monoisotopic (exact) mass is 328 g/mol. The SMILES string of the molecule is CCCCCC[C@H](NC(=O)c1cccc2cccnc12)C(=O)OC. The van der Waals surface area contributed by atoms with Gasteiger partial charge in [-0.2, -0.15) is 0 Å². The molecule has 1 aromatic carbocycles. The lowest BCUT2D eigenvalue weighted by molar-refractivity contribution is -0.143. The molecule has 1 amide bonds. The van der Waals surface area contributed by atoms with Gasteiger partial charge in [-0.15, -0.1) is 0 Å². The second-order valence-corrected chi connectivity index (χ2v) is 5.78. The molecule has 0 bridgehead atoms. The van der Waals surface area contributed by atoms with E-state index in [0.29, 0.717) is 17.5 Å². The average Bonchev–Trinajstić information content (AvgIpc) is 2.62. The number of ether oxygens (including phenoxy) is 1. The number of esters is 1. The van der Waals surface area contributed by atoms with Gasteiger partial charge in [-0.05, 0) is 18.6 Å². The van der Waals surface area contributed by atoms with Crippen LogP contribution in [0.15, 0.2) is 36.5 Å². The molecule has 1 atom stereocenters. The molecule has 2 aromatic rings. The molecule has 2 rings (SSSR count). The number of amides is 1. The number of nitrogens with zero attached hydrogens (tertiary/aromatic N) is 1. The fraction of sp³-hybridized carbons (Fsp3) is 0.421. The highest BCUT2D eigenvalue weighted by Crippen LogP contribution is 2.16. The van der Waals surface area contributed by atoms with Crippen molar-refractivity contribution >= 4 is 22.8 Å². The molecule has 0 radical (unpaired) electrons. The Labute approximate surface area is 142 Å². The van der Waals surface area contributed by atoms with Crippen molar-refractivity contribution in [3.05, 3.63) is 42.1 Å². The van der Waals surface area contributed by atoms with Gasteiger partial charge in [-0.25, -0.2) is 4.79 Å². The van der Waals surface area contributed by atoms with Crippen molar-refractivity contribution in [3.8, 4) is 0 Å². The summed E-state index contributed by atoms with van der Waals surface area (Å²) >= 11 is 0. The molecule has 1 heterocycles. The lowest BCUT2D eigenvalue weighted by atomic mass is 10.1. The second kappa shape index (κ2) is 9.01. The average molecular weight is 328 g/mol. The first kappa shape index (κ1) is 17.9. The van der Waals surface area contributed by atoms with Crippen molar-refractivity contribution in [1.29, 1.82) is 0 Å². The number of carbonyl (C=O) groups is 2. The zero-order chi connectivity index (χ0) is 17.4. The molecule has 1 aromatic heterocycles. The maximum absolute atomic E-state index is 12.6. The molecule has 0 saturated heterocycles. The van der Waals surface area contributed by atoms with Crippen LogP contribution in [-0.2, 0) is 9.53 Å². The van der Waals surface area contributed by atoms with Crippen molar-refractivity contribution in [2.24, 2.45) is 0 Å². The third kappa shape index (κ3) is 4.54. The van der Waals surface area contributed by atoms with E-state index in [1.54, 1.807) is 12.3 Å². The van der Waals surface area contributed by atoms with Gasteiger partial charge >= 0.3 is 5.97 Å². The van der Waals surface area contributed by atoms with Crippen molar-refractivity contribution in [3.63, 3.8) is 0 Å². The molecule has 24 heavy (non-hydrogen) atoms. The van der Waals surface area contributed by atoms with Gasteiger partial charge < -0.3 is 10.1 Å². The van der Waals surface area contributed by atoms with Gasteiger partial charge in [0, 0.05) is 11.6 Å². The van der Waals surface area contributed by atoms with E-state index in [4.69, 9.17) is 4.74 Å². The van der Waals surface area contributed by atoms with Gasteiger partial charge in [0.2, 0.25) is 0 Å². The summed E-state index contributed by atoms with van der Waals surface area (Å²) in [5.74, 6) is -0.710. The van der Waals surface area contributed by atoms with E-state index in [0.717, 1.165) is 31.1 Å². The number of nitrogens with one attached hydrogen (secondary N) is 1. The van der Waals surface area contributed by atoms with Crippen LogP contribution in [-0.4, -0.2) is 30.0 Å². The number of para-hydroxylation sites is 1. The standard InChI is InChI=1S/C19H24N2O3/c1-3-4-5-6-12-16(19(23)24-2)21-18(22)15-11-7-9-14-10-8-13-20-17(14)15/h7-11,13,16H,3-6,12H2,1-2H3,(H,21,22)/t16-/m0/s1. The smallest absolute Gasteiger partial charge is 0.328 e. The first-order valence-electron chi connectivity index (χ1n) is 8.39. The topological polar surface area (TPSA) is 68.3 Å². The highest BCUT2D eigenvalue weighted by molar-refractivity contribution is 6.06. The summed E-state index contributed by atoms with van der Waals surface area (Å²) in [7, 11) is 1.34. The second-order valence-electron chi connectivity index (χ2n) is 5.78. The van der Waals surface area contributed by atoms with Crippen LogP contribution in [0.5, 0.6) is 0 Å². The van der Waals surface area contributed by atoms with Crippen LogP contribution in [0, 0.1) is 0 Å². The number of fused-ring (bicyclic) bond motifs is 1. The molecule has 1 N–H and O–H groups in total. The maximum Gasteiger partial charge on any atom is 0.328 e. The van der Waals surface area contributed by atoms with Crippen molar-refractivity contribution in [1.82, 2.24) is 10.3 Å². The molecule has 0 saturated carbocycles. The van der Waals surface area contributed by atoms with E-state index in [1.807, 2.05) is 24.3 Å². The molecule has 0 aliphatic carbocycles. The van der Waals surface area contributed by atoms with Crippen molar-refractivity contribution in [2.45, 2.75) is 45.1 Å². The number of pyridine rings is 1. The minimum atomic E-state index is -0.627. The lowest BCUT2D eigenvalue weighted by Crippen LogP contribution is -2.41. The Morgan fingerprint density at radius 1 is 1.17 bits per heavy atom. The number of aromatic nitrogens is 1. The van der Waals surface area contributed by atoms with Crippen LogP contribution in [0.3, 0.4) is 0 Å². The van der Waals surface area contributed by atoms with Gasteiger partial charge in [0.15, 0.2) is 0 Å². The summed E-state index contributed by atoms with van der Waals surface area (Å²) in [6.07, 6.45) is 6.39. The van der Waals surface area contributed by atoms with Crippen LogP contribution < -0.4 is 5.32 Å². The predicted molar refractivity (Wildman–Crippen MR) is 93.8 cm³/mol. The summed E-state index contributed by atoms with van der Waals surface area (Å²) < 4.78 is 4.82. The summed E-state index contributed by atoms with van der Waals surface area (Å²) in [6.45, 7) is 2.13. The van der Waals surface area contributed by atoms with Crippen LogP contribution in [0.25, 0.3) is 10.9 Å². The van der Waals surface area contributed by atoms with E-state index < -0.39 is 12.0 Å². The summed E-state index contributed by atoms with van der Waals surface area (Å²) in [5.41, 5.74) is 1.10. The number of carbonyl (C=O) groups excluding carboxylic acids is 2. The summed E-state index contributed by atoms with van der Waals surface area (Å²) in [4.78, 5) is 28.9. The zero-order valence-electron chi connectivity index (χ0n) is 14.2.